The first kappa shape index (κ1) is 16.1. The van der Waals surface area contributed by atoms with Gasteiger partial charge < -0.3 is 5.32 Å². The molecule has 0 unspecified atom stereocenters. The number of nitrogens with zero attached hydrogens (tertiary/aromatic N) is 3. The number of rotatable bonds is 4. The fourth-order valence-corrected chi connectivity index (χ4v) is 2.67. The number of carbonyl (C=O) groups is 1. The second kappa shape index (κ2) is 6.79. The minimum atomic E-state index is -0.508. The zero-order valence-corrected chi connectivity index (χ0v) is 13.5. The van der Waals surface area contributed by atoms with Crippen LogP contribution in [0.2, 0.25) is 0 Å². The third kappa shape index (κ3) is 3.60. The summed E-state index contributed by atoms with van der Waals surface area (Å²) in [5, 5.41) is 2.67. The lowest BCUT2D eigenvalue weighted by atomic mass is 10.3. The normalized spacial score (nSPS) is 10.8. The zero-order valence-electron chi connectivity index (χ0n) is 12.7. The maximum atomic E-state index is 13.5. The maximum absolute atomic E-state index is 13.5. The molecule has 0 spiro atoms. The molecule has 3 rings (SSSR count). The molecule has 1 aromatic carbocycles. The van der Waals surface area contributed by atoms with Gasteiger partial charge >= 0.3 is 5.69 Å². The molecule has 3 aromatic rings. The Labute approximate surface area is 140 Å². The third-order valence-electron chi connectivity index (χ3n) is 3.18. The highest BCUT2D eigenvalue weighted by molar-refractivity contribution is 7.99. The predicted octanol–water partition coefficient (Wildman–Crippen LogP) is 2.27. The number of amides is 1. The van der Waals surface area contributed by atoms with Crippen LogP contribution in [0.3, 0.4) is 0 Å². The van der Waals surface area contributed by atoms with Crippen LogP contribution in [0.5, 0.6) is 0 Å². The molecule has 0 atom stereocenters. The van der Waals surface area contributed by atoms with Crippen LogP contribution >= 0.6 is 11.8 Å². The minimum Gasteiger partial charge on any atom is -0.323 e. The van der Waals surface area contributed by atoms with E-state index in [9.17, 15) is 14.0 Å². The summed E-state index contributed by atoms with van der Waals surface area (Å²) >= 11 is 1.02. The largest absolute Gasteiger partial charge is 0.355 e. The second-order valence-corrected chi connectivity index (χ2v) is 5.98. The van der Waals surface area contributed by atoms with Crippen LogP contribution in [0.25, 0.3) is 5.65 Å². The summed E-state index contributed by atoms with van der Waals surface area (Å²) < 4.78 is 14.8. The number of hydrogen-bond acceptors (Lipinski definition) is 5. The first-order valence-electron chi connectivity index (χ1n) is 7.07. The predicted molar refractivity (Wildman–Crippen MR) is 89.7 cm³/mol. The van der Waals surface area contributed by atoms with Crippen LogP contribution in [-0.2, 0) is 4.79 Å². The Morgan fingerprint density at radius 2 is 2.08 bits per heavy atom. The first-order valence-corrected chi connectivity index (χ1v) is 8.06. The number of halogens is 1. The van der Waals surface area contributed by atoms with Gasteiger partial charge in [-0.3, -0.25) is 9.20 Å². The summed E-state index contributed by atoms with van der Waals surface area (Å²) in [5.41, 5.74) is 1.07. The fourth-order valence-electron chi connectivity index (χ4n) is 2.04. The van der Waals surface area contributed by atoms with Gasteiger partial charge in [-0.25, -0.2) is 14.2 Å². The van der Waals surface area contributed by atoms with E-state index in [1.54, 1.807) is 24.4 Å². The molecule has 6 nitrogen and oxygen atoms in total. The summed E-state index contributed by atoms with van der Waals surface area (Å²) in [6.07, 6.45) is 1.60. The van der Waals surface area contributed by atoms with Gasteiger partial charge in [0, 0.05) is 6.20 Å². The Kier molecular flexibility index (Phi) is 4.57. The van der Waals surface area contributed by atoms with Crippen molar-refractivity contribution in [1.82, 2.24) is 14.4 Å². The Morgan fingerprint density at radius 3 is 2.88 bits per heavy atom. The van der Waals surface area contributed by atoms with Crippen molar-refractivity contribution < 1.29 is 9.18 Å². The molecule has 1 amide bonds. The molecule has 0 fully saturated rings. The highest BCUT2D eigenvalue weighted by Gasteiger charge is 2.10. The lowest BCUT2D eigenvalue weighted by Crippen LogP contribution is -2.20. The van der Waals surface area contributed by atoms with Gasteiger partial charge in [-0.15, -0.1) is 0 Å². The molecule has 2 aromatic heterocycles. The monoisotopic (exact) mass is 344 g/mol. The number of carbonyl (C=O) groups excluding carboxylic acids is 1. The van der Waals surface area contributed by atoms with Crippen LogP contribution in [0.4, 0.5) is 10.1 Å². The number of aryl methyl sites for hydroxylation is 1. The summed E-state index contributed by atoms with van der Waals surface area (Å²) in [4.78, 5) is 31.9. The van der Waals surface area contributed by atoms with Crippen LogP contribution in [0.1, 0.15) is 5.56 Å². The van der Waals surface area contributed by atoms with Crippen LogP contribution in [-0.4, -0.2) is 26.0 Å². The molecule has 0 saturated heterocycles. The van der Waals surface area contributed by atoms with Crippen molar-refractivity contribution in [3.05, 3.63) is 64.5 Å². The molecule has 0 bridgehead atoms. The lowest BCUT2D eigenvalue weighted by molar-refractivity contribution is -0.113. The van der Waals surface area contributed by atoms with E-state index in [0.29, 0.717) is 5.65 Å². The van der Waals surface area contributed by atoms with E-state index in [1.807, 2.05) is 6.92 Å². The van der Waals surface area contributed by atoms with E-state index in [2.05, 4.69) is 15.3 Å². The van der Waals surface area contributed by atoms with Gasteiger partial charge in [-0.05, 0) is 36.8 Å². The van der Waals surface area contributed by atoms with Gasteiger partial charge in [0.1, 0.15) is 11.5 Å². The molecule has 0 aliphatic carbocycles. The molecule has 1 N–H and O–H groups in total. The average Bonchev–Trinajstić information content (AvgIpc) is 2.55. The number of pyridine rings is 1. The molecule has 2 heterocycles. The van der Waals surface area contributed by atoms with E-state index in [-0.39, 0.29) is 16.6 Å². The Hall–Kier alpha value is -2.74. The topological polar surface area (TPSA) is 76.4 Å². The third-order valence-corrected chi connectivity index (χ3v) is 4.03. The fraction of sp³-hybridized carbons (Fsp3) is 0.125. The maximum Gasteiger partial charge on any atom is 0.355 e. The number of aromatic nitrogens is 3. The second-order valence-electron chi connectivity index (χ2n) is 5.04. The van der Waals surface area contributed by atoms with E-state index < -0.39 is 17.4 Å². The molecule has 24 heavy (non-hydrogen) atoms. The van der Waals surface area contributed by atoms with Crippen LogP contribution < -0.4 is 11.0 Å². The summed E-state index contributed by atoms with van der Waals surface area (Å²) in [6.45, 7) is 1.89. The van der Waals surface area contributed by atoms with Gasteiger partial charge in [0.25, 0.3) is 0 Å². The molecular formula is C16H13FN4O2S. The van der Waals surface area contributed by atoms with Crippen molar-refractivity contribution in [1.29, 1.82) is 0 Å². The molecule has 0 aliphatic heterocycles. The Balaban J connectivity index is 1.72. The zero-order chi connectivity index (χ0) is 17.1. The quantitative estimate of drug-likeness (QED) is 0.735. The van der Waals surface area contributed by atoms with E-state index in [1.165, 1.54) is 22.6 Å². The summed E-state index contributed by atoms with van der Waals surface area (Å²) in [5.74, 6) is -0.944. The number of para-hydroxylation sites is 1. The minimum absolute atomic E-state index is 0.0320. The van der Waals surface area contributed by atoms with Gasteiger partial charge in [-0.2, -0.15) is 4.98 Å². The van der Waals surface area contributed by atoms with E-state index in [0.717, 1.165) is 17.3 Å². The van der Waals surface area contributed by atoms with Crippen LogP contribution in [0, 0.1) is 12.7 Å². The SMILES string of the molecule is Cc1ccn2c(=O)nc(SCC(=O)Nc3ccccc3F)nc2c1. The molecule has 0 radical (unpaired) electrons. The molecular weight excluding hydrogens is 331 g/mol. The summed E-state index contributed by atoms with van der Waals surface area (Å²) in [6, 6.07) is 9.44. The van der Waals surface area contributed by atoms with Crippen molar-refractivity contribution in [2.75, 3.05) is 11.1 Å². The number of benzene rings is 1. The van der Waals surface area contributed by atoms with Crippen molar-refractivity contribution >= 4 is 29.0 Å². The highest BCUT2D eigenvalue weighted by atomic mass is 32.2. The van der Waals surface area contributed by atoms with Gasteiger partial charge in [0.15, 0.2) is 5.16 Å². The van der Waals surface area contributed by atoms with Gasteiger partial charge in [0.05, 0.1) is 11.4 Å². The number of anilines is 1. The summed E-state index contributed by atoms with van der Waals surface area (Å²) in [7, 11) is 0. The van der Waals surface area contributed by atoms with Gasteiger partial charge in [-0.1, -0.05) is 23.9 Å². The molecule has 122 valence electrons. The number of hydrogen-bond donors (Lipinski definition) is 1. The highest BCUT2D eigenvalue weighted by Crippen LogP contribution is 2.15. The van der Waals surface area contributed by atoms with Crippen molar-refractivity contribution in [2.45, 2.75) is 12.1 Å². The number of thioether (sulfide) groups is 1. The number of fused-ring (bicyclic) bond motifs is 1. The van der Waals surface area contributed by atoms with Gasteiger partial charge in [0.2, 0.25) is 5.91 Å². The smallest absolute Gasteiger partial charge is 0.323 e. The lowest BCUT2D eigenvalue weighted by Gasteiger charge is -2.06. The van der Waals surface area contributed by atoms with Crippen molar-refractivity contribution in [3.8, 4) is 0 Å². The first-order chi connectivity index (χ1) is 11.5. The van der Waals surface area contributed by atoms with Crippen LogP contribution in [0.15, 0.2) is 52.5 Å². The standard InChI is InChI=1S/C16H13FN4O2S/c1-10-6-7-21-13(8-10)19-15(20-16(21)23)24-9-14(22)18-12-5-3-2-4-11(12)17/h2-8H,9H2,1H3,(H,18,22). The van der Waals surface area contributed by atoms with Crippen molar-refractivity contribution in [2.24, 2.45) is 0 Å². The Morgan fingerprint density at radius 1 is 1.29 bits per heavy atom. The van der Waals surface area contributed by atoms with E-state index >= 15 is 0 Å². The molecule has 0 saturated carbocycles. The van der Waals surface area contributed by atoms with E-state index in [4.69, 9.17) is 0 Å². The molecule has 0 aliphatic rings. The van der Waals surface area contributed by atoms with Crippen molar-refractivity contribution in [3.63, 3.8) is 0 Å². The molecule has 8 heteroatoms. The number of nitrogens with one attached hydrogen (secondary N) is 1. The Bertz CT molecular complexity index is 974. The average molecular weight is 344 g/mol.